The predicted octanol–water partition coefficient (Wildman–Crippen LogP) is 2.18. The zero-order valence-electron chi connectivity index (χ0n) is 9.56. The van der Waals surface area contributed by atoms with Gasteiger partial charge in [-0.2, -0.15) is 0 Å². The van der Waals surface area contributed by atoms with Crippen LogP contribution < -0.4 is 0 Å². The average molecular weight is 219 g/mol. The van der Waals surface area contributed by atoms with Gasteiger partial charge in [0.25, 0.3) is 0 Å². The summed E-state index contributed by atoms with van der Waals surface area (Å²) >= 11 is 0. The number of rotatable bonds is 3. The van der Waals surface area contributed by atoms with Gasteiger partial charge in [0.2, 0.25) is 0 Å². The lowest BCUT2D eigenvalue weighted by atomic mass is 9.86. The van der Waals surface area contributed by atoms with Crippen molar-refractivity contribution >= 4 is 5.78 Å². The summed E-state index contributed by atoms with van der Waals surface area (Å²) in [6, 6.07) is 3.82. The first-order valence-corrected chi connectivity index (χ1v) is 5.80. The molecule has 1 aliphatic rings. The van der Waals surface area contributed by atoms with Crippen LogP contribution in [0.2, 0.25) is 0 Å². The van der Waals surface area contributed by atoms with Crippen LogP contribution in [-0.4, -0.2) is 24.0 Å². The van der Waals surface area contributed by atoms with E-state index >= 15 is 0 Å². The van der Waals surface area contributed by atoms with Gasteiger partial charge in [0, 0.05) is 30.8 Å². The number of carbonyl (C=O) groups excluding carboxylic acids is 1. The molecule has 1 fully saturated rings. The molecule has 2 unspecified atom stereocenters. The van der Waals surface area contributed by atoms with Crippen LogP contribution in [0.25, 0.3) is 0 Å². The Morgan fingerprint density at radius 1 is 1.50 bits per heavy atom. The van der Waals surface area contributed by atoms with Crippen molar-refractivity contribution in [2.24, 2.45) is 5.92 Å². The quantitative estimate of drug-likeness (QED) is 0.782. The van der Waals surface area contributed by atoms with Crippen LogP contribution in [0.15, 0.2) is 24.5 Å². The van der Waals surface area contributed by atoms with Crippen molar-refractivity contribution < 1.29 is 9.53 Å². The number of ether oxygens (including phenoxy) is 1. The zero-order chi connectivity index (χ0) is 11.4. The molecule has 1 saturated heterocycles. The van der Waals surface area contributed by atoms with Gasteiger partial charge < -0.3 is 4.74 Å². The lowest BCUT2D eigenvalue weighted by molar-refractivity contribution is -0.127. The monoisotopic (exact) mass is 219 g/mol. The number of hydrogen-bond donors (Lipinski definition) is 0. The third kappa shape index (κ3) is 2.47. The second-order valence-electron chi connectivity index (χ2n) is 4.32. The highest BCUT2D eigenvalue weighted by molar-refractivity contribution is 5.87. The van der Waals surface area contributed by atoms with Crippen LogP contribution >= 0.6 is 0 Å². The Balaban J connectivity index is 2.04. The first kappa shape index (κ1) is 11.3. The summed E-state index contributed by atoms with van der Waals surface area (Å²) in [5, 5.41) is 0. The van der Waals surface area contributed by atoms with Crippen LogP contribution in [0, 0.1) is 5.92 Å². The molecule has 1 aromatic heterocycles. The second kappa shape index (κ2) is 5.21. The van der Waals surface area contributed by atoms with Crippen molar-refractivity contribution in [1.82, 2.24) is 4.98 Å². The summed E-state index contributed by atoms with van der Waals surface area (Å²) in [6.45, 7) is 3.36. The maximum atomic E-state index is 12.2. The lowest BCUT2D eigenvalue weighted by Crippen LogP contribution is -2.28. The smallest absolute Gasteiger partial charge is 0.145 e. The molecule has 1 aromatic rings. The van der Waals surface area contributed by atoms with E-state index in [0.717, 1.165) is 25.0 Å². The minimum absolute atomic E-state index is 0.0466. The molecule has 86 valence electrons. The second-order valence-corrected chi connectivity index (χ2v) is 4.32. The molecule has 2 atom stereocenters. The van der Waals surface area contributed by atoms with E-state index in [1.165, 1.54) is 0 Å². The highest BCUT2D eigenvalue weighted by atomic mass is 16.5. The molecule has 0 aromatic carbocycles. The highest BCUT2D eigenvalue weighted by Gasteiger charge is 2.26. The average Bonchev–Trinajstić information content (AvgIpc) is 2.39. The first-order chi connectivity index (χ1) is 7.79. The third-order valence-electron chi connectivity index (χ3n) is 3.20. The number of aromatic nitrogens is 1. The Kier molecular flexibility index (Phi) is 3.67. The van der Waals surface area contributed by atoms with E-state index in [0.29, 0.717) is 12.4 Å². The Labute approximate surface area is 95.8 Å². The number of nitrogens with zero attached hydrogens (tertiary/aromatic N) is 1. The van der Waals surface area contributed by atoms with Crippen LogP contribution in [-0.2, 0) is 9.53 Å². The van der Waals surface area contributed by atoms with Crippen molar-refractivity contribution in [2.75, 3.05) is 13.2 Å². The molecule has 1 aliphatic heterocycles. The fourth-order valence-corrected chi connectivity index (χ4v) is 2.14. The molecule has 3 heteroatoms. The van der Waals surface area contributed by atoms with Crippen LogP contribution in [0.3, 0.4) is 0 Å². The molecule has 0 amide bonds. The molecular weight excluding hydrogens is 202 g/mol. The van der Waals surface area contributed by atoms with Gasteiger partial charge >= 0.3 is 0 Å². The van der Waals surface area contributed by atoms with Gasteiger partial charge in [-0.15, -0.1) is 0 Å². The molecule has 0 radical (unpaired) electrons. The van der Waals surface area contributed by atoms with Crippen molar-refractivity contribution in [3.63, 3.8) is 0 Å². The molecule has 3 nitrogen and oxygen atoms in total. The fourth-order valence-electron chi connectivity index (χ4n) is 2.14. The molecule has 0 saturated carbocycles. The van der Waals surface area contributed by atoms with Crippen molar-refractivity contribution in [1.29, 1.82) is 0 Å². The maximum Gasteiger partial charge on any atom is 0.145 e. The van der Waals surface area contributed by atoms with E-state index in [4.69, 9.17) is 4.74 Å². The number of ketones is 1. The SMILES string of the molecule is CC(C(=O)C1CCCOC1)c1ccncc1. The minimum atomic E-state index is -0.0466. The number of carbonyl (C=O) groups is 1. The summed E-state index contributed by atoms with van der Waals surface area (Å²) < 4.78 is 5.36. The van der Waals surface area contributed by atoms with E-state index < -0.39 is 0 Å². The Hall–Kier alpha value is -1.22. The normalized spacial score (nSPS) is 22.7. The number of hydrogen-bond acceptors (Lipinski definition) is 3. The van der Waals surface area contributed by atoms with E-state index in [2.05, 4.69) is 4.98 Å². The van der Waals surface area contributed by atoms with Gasteiger partial charge in [0.15, 0.2) is 0 Å². The van der Waals surface area contributed by atoms with Crippen LogP contribution in [0.1, 0.15) is 31.2 Å². The minimum Gasteiger partial charge on any atom is -0.381 e. The van der Waals surface area contributed by atoms with Crippen LogP contribution in [0.4, 0.5) is 0 Å². The fraction of sp³-hybridized carbons (Fsp3) is 0.538. The van der Waals surface area contributed by atoms with E-state index in [9.17, 15) is 4.79 Å². The molecule has 2 rings (SSSR count). The van der Waals surface area contributed by atoms with E-state index in [1.54, 1.807) is 12.4 Å². The Morgan fingerprint density at radius 3 is 2.88 bits per heavy atom. The number of pyridine rings is 1. The van der Waals surface area contributed by atoms with Gasteiger partial charge in [-0.3, -0.25) is 9.78 Å². The van der Waals surface area contributed by atoms with Crippen LogP contribution in [0.5, 0.6) is 0 Å². The predicted molar refractivity (Wildman–Crippen MR) is 61.2 cm³/mol. The summed E-state index contributed by atoms with van der Waals surface area (Å²) in [4.78, 5) is 16.2. The Morgan fingerprint density at radius 2 is 2.25 bits per heavy atom. The molecule has 0 bridgehead atoms. The summed E-state index contributed by atoms with van der Waals surface area (Å²) in [7, 11) is 0. The van der Waals surface area contributed by atoms with Crippen molar-refractivity contribution in [3.05, 3.63) is 30.1 Å². The van der Waals surface area contributed by atoms with Crippen molar-refractivity contribution in [3.8, 4) is 0 Å². The van der Waals surface area contributed by atoms with E-state index in [-0.39, 0.29) is 11.8 Å². The molecule has 0 N–H and O–H groups in total. The summed E-state index contributed by atoms with van der Waals surface area (Å²) in [5.74, 6) is 0.331. The number of Topliss-reactive ketones (excluding diaryl/α,β-unsaturated/α-hetero) is 1. The molecule has 16 heavy (non-hydrogen) atoms. The third-order valence-corrected chi connectivity index (χ3v) is 3.20. The lowest BCUT2D eigenvalue weighted by Gasteiger charge is -2.23. The molecule has 0 aliphatic carbocycles. The Bertz CT molecular complexity index is 344. The molecular formula is C13H17NO2. The molecule has 0 spiro atoms. The molecule has 2 heterocycles. The highest BCUT2D eigenvalue weighted by Crippen LogP contribution is 2.24. The van der Waals surface area contributed by atoms with Gasteiger partial charge in [0.1, 0.15) is 5.78 Å². The van der Waals surface area contributed by atoms with Crippen molar-refractivity contribution in [2.45, 2.75) is 25.7 Å². The maximum absolute atomic E-state index is 12.2. The van der Waals surface area contributed by atoms with Gasteiger partial charge in [-0.1, -0.05) is 6.92 Å². The summed E-state index contributed by atoms with van der Waals surface area (Å²) in [6.07, 6.45) is 5.43. The first-order valence-electron chi connectivity index (χ1n) is 5.80. The van der Waals surface area contributed by atoms with Gasteiger partial charge in [-0.25, -0.2) is 0 Å². The van der Waals surface area contributed by atoms with Gasteiger partial charge in [0.05, 0.1) is 6.61 Å². The standard InChI is InChI=1S/C13H17NO2/c1-10(11-4-6-14-7-5-11)13(15)12-3-2-8-16-9-12/h4-7,10,12H,2-3,8-9H2,1H3. The largest absolute Gasteiger partial charge is 0.381 e. The topological polar surface area (TPSA) is 39.2 Å². The summed E-state index contributed by atoms with van der Waals surface area (Å²) in [5.41, 5.74) is 1.05. The van der Waals surface area contributed by atoms with E-state index in [1.807, 2.05) is 19.1 Å². The zero-order valence-corrected chi connectivity index (χ0v) is 9.56. The van der Waals surface area contributed by atoms with Gasteiger partial charge in [-0.05, 0) is 30.5 Å².